The van der Waals surface area contributed by atoms with Gasteiger partial charge in [-0.05, 0) is 17.9 Å². The van der Waals surface area contributed by atoms with Crippen LogP contribution in [0.25, 0.3) is 0 Å². The Morgan fingerprint density at radius 2 is 1.80 bits per heavy atom. The van der Waals surface area contributed by atoms with E-state index in [4.69, 9.17) is 5.11 Å². The molecular weight excluding hydrogens is 278 g/mol. The lowest BCUT2D eigenvalue weighted by molar-refractivity contribution is 0.0922. The number of carbonyl (C=O) groups excluding carboxylic acids is 1. The van der Waals surface area contributed by atoms with Gasteiger partial charge in [-0.15, -0.1) is 0 Å². The Balaban J connectivity index is 2.89. The summed E-state index contributed by atoms with van der Waals surface area (Å²) in [7, 11) is 0. The van der Waals surface area contributed by atoms with Gasteiger partial charge in [0.15, 0.2) is 23.3 Å². The molecule has 1 amide bonds. The Labute approximate surface area is 113 Å². The minimum atomic E-state index is -2.02. The van der Waals surface area contributed by atoms with Gasteiger partial charge in [-0.25, -0.2) is 17.6 Å². The van der Waals surface area contributed by atoms with Gasteiger partial charge in [0.1, 0.15) is 0 Å². The van der Waals surface area contributed by atoms with Crippen LogP contribution in [0.5, 0.6) is 0 Å². The average Bonchev–Trinajstić information content (AvgIpc) is 2.38. The van der Waals surface area contributed by atoms with Crippen LogP contribution in [0, 0.1) is 28.7 Å². The van der Waals surface area contributed by atoms with E-state index < -0.39 is 40.2 Å². The van der Waals surface area contributed by atoms with Crippen LogP contribution in [0.3, 0.4) is 0 Å². The third-order valence-corrected chi connectivity index (χ3v) is 2.86. The van der Waals surface area contributed by atoms with E-state index in [1.165, 1.54) is 0 Å². The monoisotopic (exact) mass is 293 g/mol. The van der Waals surface area contributed by atoms with Gasteiger partial charge in [0.05, 0.1) is 5.56 Å². The topological polar surface area (TPSA) is 49.3 Å². The van der Waals surface area contributed by atoms with E-state index in [2.05, 4.69) is 5.32 Å². The van der Waals surface area contributed by atoms with E-state index in [-0.39, 0.29) is 13.2 Å². The molecule has 0 bridgehead atoms. The highest BCUT2D eigenvalue weighted by atomic mass is 19.2. The van der Waals surface area contributed by atoms with Gasteiger partial charge in [0.25, 0.3) is 5.91 Å². The van der Waals surface area contributed by atoms with Crippen molar-refractivity contribution in [3.8, 4) is 0 Å². The van der Waals surface area contributed by atoms with Crippen LogP contribution in [0.1, 0.15) is 30.6 Å². The molecule has 20 heavy (non-hydrogen) atoms. The number of halogens is 4. The standard InChI is InChI=1S/C13H15F4NO2/c1-13(2,3-4-19)6-18-12(20)7-5-8(14)10(16)11(17)9(7)15/h5,19H,3-4,6H2,1-2H3,(H,18,20). The first-order valence-corrected chi connectivity index (χ1v) is 5.91. The van der Waals surface area contributed by atoms with Crippen LogP contribution < -0.4 is 5.32 Å². The van der Waals surface area contributed by atoms with Crippen LogP contribution in [0.2, 0.25) is 0 Å². The van der Waals surface area contributed by atoms with E-state index >= 15 is 0 Å². The highest BCUT2D eigenvalue weighted by Gasteiger charge is 2.24. The largest absolute Gasteiger partial charge is 0.396 e. The summed E-state index contributed by atoms with van der Waals surface area (Å²) in [5.41, 5.74) is -1.38. The molecule has 0 radical (unpaired) electrons. The van der Waals surface area contributed by atoms with E-state index in [1.807, 2.05) is 0 Å². The summed E-state index contributed by atoms with van der Waals surface area (Å²) in [5.74, 6) is -8.40. The lowest BCUT2D eigenvalue weighted by atomic mass is 9.89. The minimum absolute atomic E-state index is 0.0620. The molecule has 0 spiro atoms. The Bertz CT molecular complexity index is 518. The molecule has 0 aliphatic rings. The zero-order chi connectivity index (χ0) is 15.5. The first kappa shape index (κ1) is 16.4. The van der Waals surface area contributed by atoms with E-state index in [9.17, 15) is 22.4 Å². The maximum Gasteiger partial charge on any atom is 0.254 e. The third-order valence-electron chi connectivity index (χ3n) is 2.86. The molecule has 112 valence electrons. The van der Waals surface area contributed by atoms with Crippen molar-refractivity contribution in [2.45, 2.75) is 20.3 Å². The lowest BCUT2D eigenvalue weighted by Crippen LogP contribution is -2.35. The SMILES string of the molecule is CC(C)(CCO)CNC(=O)c1cc(F)c(F)c(F)c1F. The van der Waals surface area contributed by atoms with E-state index in [1.54, 1.807) is 13.8 Å². The van der Waals surface area contributed by atoms with Crippen molar-refractivity contribution in [3.63, 3.8) is 0 Å². The Morgan fingerprint density at radius 1 is 1.20 bits per heavy atom. The second kappa shape index (κ2) is 6.21. The van der Waals surface area contributed by atoms with Gasteiger partial charge in [-0.2, -0.15) is 0 Å². The van der Waals surface area contributed by atoms with Crippen molar-refractivity contribution in [3.05, 3.63) is 34.9 Å². The first-order chi connectivity index (χ1) is 9.19. The fourth-order valence-corrected chi connectivity index (χ4v) is 1.54. The summed E-state index contributed by atoms with van der Waals surface area (Å²) in [4.78, 5) is 11.7. The van der Waals surface area contributed by atoms with Crippen molar-refractivity contribution in [2.75, 3.05) is 13.2 Å². The van der Waals surface area contributed by atoms with E-state index in [0.29, 0.717) is 12.5 Å². The quantitative estimate of drug-likeness (QED) is 0.497. The summed E-state index contributed by atoms with van der Waals surface area (Å²) < 4.78 is 52.1. The smallest absolute Gasteiger partial charge is 0.254 e. The second-order valence-electron chi connectivity index (χ2n) is 5.17. The number of amides is 1. The number of nitrogens with one attached hydrogen (secondary N) is 1. The summed E-state index contributed by atoms with van der Waals surface area (Å²) in [6, 6.07) is 0.308. The minimum Gasteiger partial charge on any atom is -0.396 e. The number of rotatable bonds is 5. The van der Waals surface area contributed by atoms with Gasteiger partial charge in [-0.1, -0.05) is 13.8 Å². The molecule has 0 aliphatic carbocycles. The average molecular weight is 293 g/mol. The van der Waals surface area contributed by atoms with Gasteiger partial charge in [0.2, 0.25) is 0 Å². The highest BCUT2D eigenvalue weighted by Crippen LogP contribution is 2.20. The second-order valence-corrected chi connectivity index (χ2v) is 5.17. The summed E-state index contributed by atoms with van der Waals surface area (Å²) >= 11 is 0. The van der Waals surface area contributed by atoms with Gasteiger partial charge in [-0.3, -0.25) is 4.79 Å². The molecule has 7 heteroatoms. The molecular formula is C13H15F4NO2. The molecule has 1 aromatic carbocycles. The fourth-order valence-electron chi connectivity index (χ4n) is 1.54. The Morgan fingerprint density at radius 3 is 2.35 bits per heavy atom. The van der Waals surface area contributed by atoms with Crippen LogP contribution in [-0.2, 0) is 0 Å². The Hall–Kier alpha value is -1.63. The molecule has 2 N–H and O–H groups in total. The van der Waals surface area contributed by atoms with Crippen LogP contribution in [0.4, 0.5) is 17.6 Å². The van der Waals surface area contributed by atoms with Crippen LogP contribution >= 0.6 is 0 Å². The number of carbonyl (C=O) groups is 1. The number of hydrogen-bond donors (Lipinski definition) is 2. The molecule has 0 heterocycles. The maximum atomic E-state index is 13.4. The molecule has 0 saturated carbocycles. The number of aliphatic hydroxyl groups is 1. The van der Waals surface area contributed by atoms with Crippen molar-refractivity contribution >= 4 is 5.91 Å². The van der Waals surface area contributed by atoms with Crippen LogP contribution in [0.15, 0.2) is 6.07 Å². The molecule has 0 fully saturated rings. The van der Waals surface area contributed by atoms with Gasteiger partial charge in [0, 0.05) is 13.2 Å². The molecule has 0 aromatic heterocycles. The zero-order valence-electron chi connectivity index (χ0n) is 11.1. The van der Waals surface area contributed by atoms with Crippen molar-refractivity contribution in [1.82, 2.24) is 5.32 Å². The summed E-state index contributed by atoms with van der Waals surface area (Å²) in [6.45, 7) is 3.45. The Kier molecular flexibility index (Phi) is 5.10. The van der Waals surface area contributed by atoms with Crippen molar-refractivity contribution in [1.29, 1.82) is 0 Å². The lowest BCUT2D eigenvalue weighted by Gasteiger charge is -2.23. The van der Waals surface area contributed by atoms with Crippen molar-refractivity contribution in [2.24, 2.45) is 5.41 Å². The predicted molar refractivity (Wildman–Crippen MR) is 64.1 cm³/mol. The highest BCUT2D eigenvalue weighted by molar-refractivity contribution is 5.94. The molecule has 1 aromatic rings. The molecule has 0 aliphatic heterocycles. The number of benzene rings is 1. The van der Waals surface area contributed by atoms with Crippen molar-refractivity contribution < 1.29 is 27.5 Å². The summed E-state index contributed by atoms with van der Waals surface area (Å²) in [6.07, 6.45) is 0.377. The molecule has 0 saturated heterocycles. The summed E-state index contributed by atoms with van der Waals surface area (Å²) in [5, 5.41) is 11.1. The van der Waals surface area contributed by atoms with Gasteiger partial charge >= 0.3 is 0 Å². The van der Waals surface area contributed by atoms with Crippen LogP contribution in [-0.4, -0.2) is 24.2 Å². The molecule has 0 atom stereocenters. The molecule has 3 nitrogen and oxygen atoms in total. The normalized spacial score (nSPS) is 11.6. The predicted octanol–water partition coefficient (Wildman–Crippen LogP) is 2.38. The fraction of sp³-hybridized carbons (Fsp3) is 0.462. The van der Waals surface area contributed by atoms with Gasteiger partial charge < -0.3 is 10.4 Å². The number of aliphatic hydroxyl groups excluding tert-OH is 1. The van der Waals surface area contributed by atoms with E-state index in [0.717, 1.165) is 0 Å². The number of hydrogen-bond acceptors (Lipinski definition) is 2. The molecule has 1 rings (SSSR count). The molecule has 0 unspecified atom stereocenters. The first-order valence-electron chi connectivity index (χ1n) is 5.91. The third kappa shape index (κ3) is 3.69. The zero-order valence-corrected chi connectivity index (χ0v) is 11.1. The maximum absolute atomic E-state index is 13.4.